The second kappa shape index (κ2) is 11.9. The Balaban J connectivity index is 1.66. The first-order valence-electron chi connectivity index (χ1n) is 13.7. The van der Waals surface area contributed by atoms with Gasteiger partial charge in [0.25, 0.3) is 5.91 Å². The Morgan fingerprint density at radius 3 is 2.48 bits per heavy atom. The number of aromatic nitrogens is 2. The molecular weight excluding hydrogens is 550 g/mol. The Morgan fingerprint density at radius 2 is 1.79 bits per heavy atom. The molecule has 1 heterocycles. The summed E-state index contributed by atoms with van der Waals surface area (Å²) >= 11 is 0. The van der Waals surface area contributed by atoms with E-state index < -0.39 is 35.9 Å². The van der Waals surface area contributed by atoms with Crippen LogP contribution in [0, 0.1) is 19.7 Å². The predicted molar refractivity (Wildman–Crippen MR) is 153 cm³/mol. The summed E-state index contributed by atoms with van der Waals surface area (Å²) in [5, 5.41) is 27.8. The summed E-state index contributed by atoms with van der Waals surface area (Å²) in [5.41, 5.74) is -0.163. The normalized spacial score (nSPS) is 13.8. The number of fused-ring (bicyclic) bond motifs is 1. The average Bonchev–Trinajstić information content (AvgIpc) is 3.34. The quantitative estimate of drug-likeness (QED) is 0.197. The van der Waals surface area contributed by atoms with Crippen molar-refractivity contribution in [2.24, 2.45) is 0 Å². The topological polar surface area (TPSA) is 87.4 Å². The Kier molecular flexibility index (Phi) is 8.80. The smallest absolute Gasteiger partial charge is 0.395 e. The van der Waals surface area contributed by atoms with Crippen molar-refractivity contribution in [2.75, 3.05) is 13.2 Å². The van der Waals surface area contributed by atoms with Crippen LogP contribution < -0.4 is 5.32 Å². The Morgan fingerprint density at radius 1 is 1.05 bits per heavy atom. The van der Waals surface area contributed by atoms with E-state index in [-0.39, 0.29) is 25.5 Å². The summed E-state index contributed by atoms with van der Waals surface area (Å²) in [7, 11) is 0. The van der Waals surface area contributed by atoms with Crippen LogP contribution in [0.3, 0.4) is 0 Å². The van der Waals surface area contributed by atoms with Gasteiger partial charge in [-0.1, -0.05) is 32.0 Å². The molecule has 10 heteroatoms. The molecule has 224 valence electrons. The van der Waals surface area contributed by atoms with Crippen LogP contribution in [0.5, 0.6) is 0 Å². The molecule has 0 aliphatic heterocycles. The zero-order chi connectivity index (χ0) is 30.9. The molecule has 0 saturated heterocycles. The van der Waals surface area contributed by atoms with Crippen molar-refractivity contribution in [3.05, 3.63) is 94.4 Å². The maximum atomic E-state index is 14.4. The molecule has 1 amide bonds. The van der Waals surface area contributed by atoms with E-state index in [4.69, 9.17) is 5.11 Å². The van der Waals surface area contributed by atoms with Crippen molar-refractivity contribution in [1.29, 1.82) is 0 Å². The van der Waals surface area contributed by atoms with Gasteiger partial charge in [0, 0.05) is 17.5 Å². The standard InChI is InChI=1S/C32H35F4N3O3/c1-20-14-22(10-11-31(42,32(34,35)36)19-30(3,4)27-17-24(33)9-8-21(27)2)26-18-38-39(28(26)15-20)25-7-5-6-23(16-25)29(41)37-12-13-40/h5-9,14-18,40,42H,10-13,19H2,1-4H3,(H,37,41). The highest BCUT2D eigenvalue weighted by Gasteiger charge is 2.55. The summed E-state index contributed by atoms with van der Waals surface area (Å²) in [6, 6.07) is 14.4. The first kappa shape index (κ1) is 31.2. The van der Waals surface area contributed by atoms with Crippen molar-refractivity contribution in [1.82, 2.24) is 15.1 Å². The molecule has 4 rings (SSSR count). The number of nitrogens with one attached hydrogen (secondary N) is 1. The molecule has 0 spiro atoms. The van der Waals surface area contributed by atoms with Crippen molar-refractivity contribution in [3.63, 3.8) is 0 Å². The molecule has 0 radical (unpaired) electrons. The number of aliphatic hydroxyl groups excluding tert-OH is 1. The molecule has 0 fully saturated rings. The van der Waals surface area contributed by atoms with Crippen LogP contribution >= 0.6 is 0 Å². The molecule has 3 aromatic carbocycles. The van der Waals surface area contributed by atoms with Crippen LogP contribution in [0.4, 0.5) is 17.6 Å². The van der Waals surface area contributed by atoms with Crippen molar-refractivity contribution in [2.45, 2.75) is 64.1 Å². The number of carbonyl (C=O) groups is 1. The molecule has 42 heavy (non-hydrogen) atoms. The second-order valence-corrected chi connectivity index (χ2v) is 11.5. The van der Waals surface area contributed by atoms with Gasteiger partial charge in [-0.3, -0.25) is 4.79 Å². The predicted octanol–water partition coefficient (Wildman–Crippen LogP) is 6.10. The average molecular weight is 586 g/mol. The van der Waals surface area contributed by atoms with Crippen LogP contribution in [-0.2, 0) is 11.8 Å². The fraction of sp³-hybridized carbons (Fsp3) is 0.375. The number of amides is 1. The van der Waals surface area contributed by atoms with E-state index in [1.165, 1.54) is 18.2 Å². The van der Waals surface area contributed by atoms with Gasteiger partial charge < -0.3 is 15.5 Å². The lowest BCUT2D eigenvalue weighted by Crippen LogP contribution is -2.49. The van der Waals surface area contributed by atoms with Crippen LogP contribution in [0.15, 0.2) is 60.8 Å². The van der Waals surface area contributed by atoms with Gasteiger partial charge in [-0.05, 0) is 97.2 Å². The van der Waals surface area contributed by atoms with Crippen LogP contribution in [0.1, 0.15) is 59.3 Å². The maximum absolute atomic E-state index is 14.4. The summed E-state index contributed by atoms with van der Waals surface area (Å²) in [5.74, 6) is -0.906. The van der Waals surface area contributed by atoms with Gasteiger partial charge in [0.05, 0.1) is 24.0 Å². The van der Waals surface area contributed by atoms with Gasteiger partial charge in [-0.2, -0.15) is 18.3 Å². The van der Waals surface area contributed by atoms with E-state index in [1.807, 2.05) is 13.0 Å². The lowest BCUT2D eigenvalue weighted by Gasteiger charge is -2.38. The molecule has 4 aromatic rings. The number of hydrogen-bond donors (Lipinski definition) is 3. The number of aliphatic hydroxyl groups is 2. The van der Waals surface area contributed by atoms with Gasteiger partial charge in [-0.15, -0.1) is 0 Å². The minimum atomic E-state index is -4.92. The van der Waals surface area contributed by atoms with E-state index in [0.717, 1.165) is 5.56 Å². The molecule has 0 aliphatic rings. The number of aryl methyl sites for hydroxylation is 3. The Bertz CT molecular complexity index is 1600. The first-order valence-corrected chi connectivity index (χ1v) is 13.7. The van der Waals surface area contributed by atoms with Gasteiger partial charge in [0.1, 0.15) is 5.82 Å². The molecule has 3 N–H and O–H groups in total. The number of benzene rings is 3. The fourth-order valence-corrected chi connectivity index (χ4v) is 5.64. The fourth-order valence-electron chi connectivity index (χ4n) is 5.64. The lowest BCUT2D eigenvalue weighted by atomic mass is 9.72. The molecule has 1 aromatic heterocycles. The van der Waals surface area contributed by atoms with E-state index in [0.29, 0.717) is 38.8 Å². The van der Waals surface area contributed by atoms with Crippen molar-refractivity contribution < 1.29 is 32.6 Å². The third kappa shape index (κ3) is 6.50. The number of hydrogen-bond acceptors (Lipinski definition) is 4. The lowest BCUT2D eigenvalue weighted by molar-refractivity contribution is -0.269. The maximum Gasteiger partial charge on any atom is 0.417 e. The van der Waals surface area contributed by atoms with Gasteiger partial charge in [-0.25, -0.2) is 9.07 Å². The summed E-state index contributed by atoms with van der Waals surface area (Å²) in [6.45, 7) is 6.62. The van der Waals surface area contributed by atoms with Crippen molar-refractivity contribution in [3.8, 4) is 5.69 Å². The number of rotatable bonds is 10. The van der Waals surface area contributed by atoms with Crippen LogP contribution in [0.25, 0.3) is 16.6 Å². The molecule has 1 atom stereocenters. The number of halogens is 4. The molecule has 0 aliphatic carbocycles. The zero-order valence-electron chi connectivity index (χ0n) is 24.0. The van der Waals surface area contributed by atoms with Crippen LogP contribution in [0.2, 0.25) is 0 Å². The Labute approximate surface area is 242 Å². The van der Waals surface area contributed by atoms with E-state index in [9.17, 15) is 27.5 Å². The number of alkyl halides is 3. The third-order valence-corrected chi connectivity index (χ3v) is 7.67. The monoisotopic (exact) mass is 585 g/mol. The highest BCUT2D eigenvalue weighted by Crippen LogP contribution is 2.44. The molecule has 0 saturated carbocycles. The number of nitrogens with zero attached hydrogens (tertiary/aromatic N) is 2. The largest absolute Gasteiger partial charge is 0.417 e. The molecule has 0 bridgehead atoms. The van der Waals surface area contributed by atoms with E-state index >= 15 is 0 Å². The van der Waals surface area contributed by atoms with E-state index in [2.05, 4.69) is 10.4 Å². The van der Waals surface area contributed by atoms with Crippen molar-refractivity contribution >= 4 is 16.8 Å². The highest BCUT2D eigenvalue weighted by molar-refractivity contribution is 5.95. The minimum Gasteiger partial charge on any atom is -0.395 e. The van der Waals surface area contributed by atoms with Crippen LogP contribution in [-0.4, -0.2) is 50.8 Å². The van der Waals surface area contributed by atoms with E-state index in [1.54, 1.807) is 62.0 Å². The molecule has 6 nitrogen and oxygen atoms in total. The van der Waals surface area contributed by atoms with Gasteiger partial charge >= 0.3 is 6.18 Å². The summed E-state index contributed by atoms with van der Waals surface area (Å²) < 4.78 is 59.0. The third-order valence-electron chi connectivity index (χ3n) is 7.67. The van der Waals surface area contributed by atoms with Gasteiger partial charge in [0.15, 0.2) is 5.60 Å². The molecular formula is C32H35F4N3O3. The van der Waals surface area contributed by atoms with Gasteiger partial charge in [0.2, 0.25) is 0 Å². The first-order chi connectivity index (χ1) is 19.6. The highest BCUT2D eigenvalue weighted by atomic mass is 19.4. The summed E-state index contributed by atoms with van der Waals surface area (Å²) in [4.78, 5) is 12.4. The summed E-state index contributed by atoms with van der Waals surface area (Å²) in [6.07, 6.45) is -4.68. The second-order valence-electron chi connectivity index (χ2n) is 11.5. The minimum absolute atomic E-state index is 0.0816. The zero-order valence-corrected chi connectivity index (χ0v) is 24.0. The molecule has 1 unspecified atom stereocenters. The SMILES string of the molecule is Cc1cc(CCC(O)(CC(C)(C)c2cc(F)ccc2C)C(F)(F)F)c2cnn(-c3cccc(C(=O)NCCO)c3)c2c1. The number of carbonyl (C=O) groups excluding carboxylic acids is 1. The Hall–Kier alpha value is -3.76.